The lowest BCUT2D eigenvalue weighted by Crippen LogP contribution is -2.11. The van der Waals surface area contributed by atoms with Crippen LogP contribution in [0.2, 0.25) is 0 Å². The summed E-state index contributed by atoms with van der Waals surface area (Å²) in [7, 11) is 2.01. The monoisotopic (exact) mass is 278 g/mol. The summed E-state index contributed by atoms with van der Waals surface area (Å²) in [6.45, 7) is 6.83. The Hall–Kier alpha value is -1.10. The van der Waals surface area contributed by atoms with Crippen LogP contribution in [-0.4, -0.2) is 19.3 Å². The van der Waals surface area contributed by atoms with Gasteiger partial charge >= 0.3 is 0 Å². The van der Waals surface area contributed by atoms with Gasteiger partial charge in [-0.15, -0.1) is 0 Å². The van der Waals surface area contributed by atoms with Crippen LogP contribution in [0.15, 0.2) is 0 Å². The summed E-state index contributed by atoms with van der Waals surface area (Å²) < 4.78 is 5.12. The van der Waals surface area contributed by atoms with Gasteiger partial charge in [-0.05, 0) is 43.3 Å². The van der Waals surface area contributed by atoms with E-state index in [4.69, 9.17) is 12.2 Å². The lowest BCUT2D eigenvalue weighted by Gasteiger charge is -2.18. The highest BCUT2D eigenvalue weighted by Crippen LogP contribution is 2.44. The average Bonchev–Trinajstić information content (AvgIpc) is 2.93. The molecule has 1 aliphatic carbocycles. The molecule has 1 atom stereocenters. The third-order valence-corrected chi connectivity index (χ3v) is 4.71. The highest BCUT2D eigenvalue weighted by molar-refractivity contribution is 7.71. The number of imidazole rings is 1. The van der Waals surface area contributed by atoms with Crippen molar-refractivity contribution >= 4 is 23.4 Å². The molecule has 0 radical (unpaired) electrons. The van der Waals surface area contributed by atoms with E-state index in [0.29, 0.717) is 11.5 Å². The molecule has 2 aromatic heterocycles. The molecular formula is C14H22N4S. The maximum Gasteiger partial charge on any atom is 0.179 e. The Kier molecular flexibility index (Phi) is 2.85. The molecule has 0 amide bonds. The minimum absolute atomic E-state index is 0.426. The first-order valence-electron chi connectivity index (χ1n) is 7.09. The molecule has 0 spiro atoms. The molecule has 1 unspecified atom stereocenters. The van der Waals surface area contributed by atoms with Crippen LogP contribution in [0.1, 0.15) is 51.8 Å². The summed E-state index contributed by atoms with van der Waals surface area (Å²) in [5, 5.41) is 4.60. The Labute approximate surface area is 118 Å². The number of nitrogens with zero attached hydrogens (tertiary/aromatic N) is 3. The Morgan fingerprint density at radius 2 is 2.21 bits per heavy atom. The van der Waals surface area contributed by atoms with Gasteiger partial charge in [0, 0.05) is 13.1 Å². The van der Waals surface area contributed by atoms with Crippen LogP contribution < -0.4 is 0 Å². The lowest BCUT2D eigenvalue weighted by atomic mass is 9.92. The predicted molar refractivity (Wildman–Crippen MR) is 79.9 cm³/mol. The number of aryl methyl sites for hydroxylation is 2. The van der Waals surface area contributed by atoms with E-state index in [1.54, 1.807) is 0 Å². The molecule has 2 heterocycles. The summed E-state index contributed by atoms with van der Waals surface area (Å²) in [6, 6.07) is 0.511. The molecule has 19 heavy (non-hydrogen) atoms. The van der Waals surface area contributed by atoms with E-state index in [9.17, 15) is 0 Å². The molecule has 0 saturated heterocycles. The van der Waals surface area contributed by atoms with Crippen LogP contribution in [-0.2, 0) is 13.5 Å². The quantitative estimate of drug-likeness (QED) is 0.850. The standard InChI is InChI=1S/C14H22N4S/c1-5-10-11-12(17(4)16-10)18(13(19)15-11)9-6-7-14(2,3)8-9/h9H,5-8H2,1-4H3,(H,15,19). The van der Waals surface area contributed by atoms with E-state index in [2.05, 4.69) is 35.4 Å². The zero-order valence-electron chi connectivity index (χ0n) is 12.2. The van der Waals surface area contributed by atoms with Crippen molar-refractivity contribution in [3.05, 3.63) is 10.5 Å². The van der Waals surface area contributed by atoms with Gasteiger partial charge in [-0.3, -0.25) is 9.25 Å². The highest BCUT2D eigenvalue weighted by Gasteiger charge is 2.33. The molecule has 4 nitrogen and oxygen atoms in total. The normalized spacial score (nSPS) is 22.4. The minimum atomic E-state index is 0.426. The van der Waals surface area contributed by atoms with Gasteiger partial charge in [0.1, 0.15) is 5.52 Å². The summed E-state index contributed by atoms with van der Waals surface area (Å²) in [5.74, 6) is 0. The maximum atomic E-state index is 5.55. The van der Waals surface area contributed by atoms with Gasteiger partial charge in [-0.25, -0.2) is 0 Å². The van der Waals surface area contributed by atoms with E-state index in [1.165, 1.54) is 19.3 Å². The van der Waals surface area contributed by atoms with Crippen LogP contribution in [0, 0.1) is 10.2 Å². The minimum Gasteiger partial charge on any atom is -0.328 e. The Morgan fingerprint density at radius 1 is 1.47 bits per heavy atom. The molecule has 1 fully saturated rings. The second-order valence-electron chi connectivity index (χ2n) is 6.48. The molecule has 0 bridgehead atoms. The third-order valence-electron chi connectivity index (χ3n) is 4.41. The van der Waals surface area contributed by atoms with E-state index < -0.39 is 0 Å². The van der Waals surface area contributed by atoms with E-state index in [-0.39, 0.29) is 0 Å². The fourth-order valence-corrected chi connectivity index (χ4v) is 3.78. The number of rotatable bonds is 2. The maximum absolute atomic E-state index is 5.55. The van der Waals surface area contributed by atoms with Gasteiger partial charge in [0.15, 0.2) is 10.4 Å². The lowest BCUT2D eigenvalue weighted by molar-refractivity contribution is 0.359. The van der Waals surface area contributed by atoms with Crippen molar-refractivity contribution in [2.45, 2.75) is 52.5 Å². The molecule has 1 saturated carbocycles. The molecule has 2 aromatic rings. The number of fused-ring (bicyclic) bond motifs is 1. The van der Waals surface area contributed by atoms with E-state index in [1.807, 2.05) is 11.7 Å². The van der Waals surface area contributed by atoms with Crippen LogP contribution in [0.25, 0.3) is 11.2 Å². The van der Waals surface area contributed by atoms with Gasteiger partial charge in [0.25, 0.3) is 0 Å². The molecule has 1 N–H and O–H groups in total. The summed E-state index contributed by atoms with van der Waals surface area (Å²) in [5.41, 5.74) is 3.82. The summed E-state index contributed by atoms with van der Waals surface area (Å²) in [6.07, 6.45) is 4.61. The smallest absolute Gasteiger partial charge is 0.179 e. The van der Waals surface area contributed by atoms with E-state index >= 15 is 0 Å². The largest absolute Gasteiger partial charge is 0.328 e. The number of aromatic nitrogens is 4. The predicted octanol–water partition coefficient (Wildman–Crippen LogP) is 3.75. The van der Waals surface area contributed by atoms with Crippen molar-refractivity contribution in [3.8, 4) is 0 Å². The number of H-pyrrole nitrogens is 1. The van der Waals surface area contributed by atoms with Crippen molar-refractivity contribution < 1.29 is 0 Å². The number of hydrogen-bond donors (Lipinski definition) is 1. The first kappa shape index (κ1) is 12.9. The zero-order chi connectivity index (χ0) is 13.8. The van der Waals surface area contributed by atoms with Crippen molar-refractivity contribution in [2.75, 3.05) is 0 Å². The second kappa shape index (κ2) is 4.20. The fraction of sp³-hybridized carbons (Fsp3) is 0.714. The van der Waals surface area contributed by atoms with Crippen LogP contribution in [0.3, 0.4) is 0 Å². The van der Waals surface area contributed by atoms with Crippen molar-refractivity contribution in [1.82, 2.24) is 19.3 Å². The van der Waals surface area contributed by atoms with Crippen molar-refractivity contribution in [2.24, 2.45) is 12.5 Å². The third kappa shape index (κ3) is 1.95. The SMILES string of the molecule is CCc1nn(C)c2c1[nH]c(=S)n2C1CCC(C)(C)C1. The van der Waals surface area contributed by atoms with Crippen LogP contribution in [0.5, 0.6) is 0 Å². The Morgan fingerprint density at radius 3 is 2.79 bits per heavy atom. The first-order chi connectivity index (χ1) is 8.93. The van der Waals surface area contributed by atoms with Gasteiger partial charge in [0.05, 0.1) is 5.69 Å². The molecular weight excluding hydrogens is 256 g/mol. The van der Waals surface area contributed by atoms with Crippen molar-refractivity contribution in [1.29, 1.82) is 0 Å². The average molecular weight is 278 g/mol. The molecule has 5 heteroatoms. The molecule has 0 aromatic carbocycles. The van der Waals surface area contributed by atoms with Crippen molar-refractivity contribution in [3.63, 3.8) is 0 Å². The Balaban J connectivity index is 2.16. The number of aromatic amines is 1. The van der Waals surface area contributed by atoms with E-state index in [0.717, 1.165) is 28.0 Å². The molecule has 104 valence electrons. The molecule has 1 aliphatic rings. The highest BCUT2D eigenvalue weighted by atomic mass is 32.1. The van der Waals surface area contributed by atoms with Crippen LogP contribution in [0.4, 0.5) is 0 Å². The molecule has 0 aliphatic heterocycles. The topological polar surface area (TPSA) is 38.5 Å². The zero-order valence-corrected chi connectivity index (χ0v) is 13.0. The van der Waals surface area contributed by atoms with Gasteiger partial charge in [-0.1, -0.05) is 20.8 Å². The first-order valence-corrected chi connectivity index (χ1v) is 7.50. The number of nitrogens with one attached hydrogen (secondary N) is 1. The summed E-state index contributed by atoms with van der Waals surface area (Å²) >= 11 is 5.55. The van der Waals surface area contributed by atoms with Gasteiger partial charge < -0.3 is 4.98 Å². The Bertz CT molecular complexity index is 673. The molecule has 3 rings (SSSR count). The van der Waals surface area contributed by atoms with Gasteiger partial charge in [0.2, 0.25) is 0 Å². The second-order valence-corrected chi connectivity index (χ2v) is 6.87. The summed E-state index contributed by atoms with van der Waals surface area (Å²) in [4.78, 5) is 3.37. The fourth-order valence-electron chi connectivity index (χ4n) is 3.44. The van der Waals surface area contributed by atoms with Gasteiger partial charge in [-0.2, -0.15) is 5.10 Å². The van der Waals surface area contributed by atoms with Crippen LogP contribution >= 0.6 is 12.2 Å². The number of hydrogen-bond acceptors (Lipinski definition) is 2.